The van der Waals surface area contributed by atoms with Gasteiger partial charge in [-0.25, -0.2) is 9.79 Å². The largest absolute Gasteiger partial charge is 0.402 e. The molecule has 0 unspecified atom stereocenters. The maximum absolute atomic E-state index is 11.9. The van der Waals surface area contributed by atoms with Crippen molar-refractivity contribution >= 4 is 40.9 Å². The minimum absolute atomic E-state index is 0.0192. The SMILES string of the molecule is O=C1OC(c2ccc(Cl)c([N+](=O)[O-])c2)=N/C1=C\C=C\c1cccc([N+](=O)[O-])c1. The lowest BCUT2D eigenvalue weighted by atomic mass is 10.2. The molecule has 140 valence electrons. The summed E-state index contributed by atoms with van der Waals surface area (Å²) in [5, 5.41) is 21.7. The molecule has 2 aromatic carbocycles. The van der Waals surface area contributed by atoms with Crippen LogP contribution in [-0.4, -0.2) is 21.7 Å². The number of carbonyl (C=O) groups excluding carboxylic acids is 1. The van der Waals surface area contributed by atoms with Crippen LogP contribution in [0.3, 0.4) is 0 Å². The molecule has 10 heteroatoms. The molecule has 0 N–H and O–H groups in total. The number of cyclic esters (lactones) is 1. The zero-order valence-electron chi connectivity index (χ0n) is 13.9. The van der Waals surface area contributed by atoms with Crippen LogP contribution in [0.5, 0.6) is 0 Å². The van der Waals surface area contributed by atoms with Gasteiger partial charge in [0.1, 0.15) is 5.02 Å². The van der Waals surface area contributed by atoms with E-state index in [1.807, 2.05) is 0 Å². The molecule has 9 nitrogen and oxygen atoms in total. The maximum atomic E-state index is 11.9. The van der Waals surface area contributed by atoms with Crippen molar-refractivity contribution in [3.05, 3.63) is 96.7 Å². The molecule has 0 saturated carbocycles. The zero-order chi connectivity index (χ0) is 20.3. The number of rotatable bonds is 5. The Bertz CT molecular complexity index is 1090. The molecule has 1 heterocycles. The van der Waals surface area contributed by atoms with Crippen molar-refractivity contribution in [1.82, 2.24) is 0 Å². The van der Waals surface area contributed by atoms with E-state index in [0.717, 1.165) is 6.07 Å². The summed E-state index contributed by atoms with van der Waals surface area (Å²) in [6.45, 7) is 0. The minimum Gasteiger partial charge on any atom is -0.402 e. The highest BCUT2D eigenvalue weighted by molar-refractivity contribution is 6.32. The standard InChI is InChI=1S/C18H10ClN3O6/c19-14-8-7-12(10-16(14)22(26)27)17-20-15(18(23)28-17)6-2-4-11-3-1-5-13(9-11)21(24)25/h1-10H/b4-2+,15-6-. The lowest BCUT2D eigenvalue weighted by Crippen LogP contribution is -2.06. The van der Waals surface area contributed by atoms with Crippen LogP contribution < -0.4 is 0 Å². The topological polar surface area (TPSA) is 125 Å². The second-order valence-electron chi connectivity index (χ2n) is 5.49. The van der Waals surface area contributed by atoms with Gasteiger partial charge in [-0.3, -0.25) is 20.2 Å². The molecular formula is C18H10ClN3O6. The predicted octanol–water partition coefficient (Wildman–Crippen LogP) is 4.06. The number of nitro groups is 2. The number of hydrogen-bond acceptors (Lipinski definition) is 7. The van der Waals surface area contributed by atoms with Gasteiger partial charge in [-0.1, -0.05) is 35.9 Å². The summed E-state index contributed by atoms with van der Waals surface area (Å²) in [5.41, 5.74) is 0.389. The Kier molecular flexibility index (Phi) is 5.28. The Balaban J connectivity index is 1.84. The number of allylic oxidation sites excluding steroid dienone is 2. The molecule has 0 atom stereocenters. The average molecular weight is 400 g/mol. The van der Waals surface area contributed by atoms with E-state index >= 15 is 0 Å². The lowest BCUT2D eigenvalue weighted by Gasteiger charge is -2.00. The summed E-state index contributed by atoms with van der Waals surface area (Å²) < 4.78 is 5.04. The molecule has 0 fully saturated rings. The van der Waals surface area contributed by atoms with Gasteiger partial charge >= 0.3 is 5.97 Å². The fourth-order valence-electron chi connectivity index (χ4n) is 2.32. The molecule has 1 aliphatic heterocycles. The lowest BCUT2D eigenvalue weighted by molar-refractivity contribution is -0.385. The Labute approximate surface area is 162 Å². The molecule has 0 aliphatic carbocycles. The third kappa shape index (κ3) is 4.10. The van der Waals surface area contributed by atoms with Crippen LogP contribution in [0, 0.1) is 20.2 Å². The van der Waals surface area contributed by atoms with E-state index in [9.17, 15) is 25.0 Å². The van der Waals surface area contributed by atoms with Gasteiger partial charge in [0.05, 0.1) is 9.85 Å². The average Bonchev–Trinajstić information content (AvgIpc) is 3.03. The van der Waals surface area contributed by atoms with Gasteiger partial charge in [0.2, 0.25) is 5.90 Å². The molecule has 1 aliphatic rings. The molecule has 0 spiro atoms. The third-order valence-electron chi connectivity index (χ3n) is 3.63. The van der Waals surface area contributed by atoms with E-state index in [4.69, 9.17) is 16.3 Å². The van der Waals surface area contributed by atoms with Crippen LogP contribution in [0.2, 0.25) is 5.02 Å². The normalized spacial score (nSPS) is 15.0. The molecule has 0 aromatic heterocycles. The number of halogens is 1. The van der Waals surface area contributed by atoms with E-state index in [1.54, 1.807) is 18.2 Å². The van der Waals surface area contributed by atoms with Gasteiger partial charge in [-0.2, -0.15) is 0 Å². The van der Waals surface area contributed by atoms with E-state index < -0.39 is 15.8 Å². The van der Waals surface area contributed by atoms with Crippen molar-refractivity contribution in [2.45, 2.75) is 0 Å². The van der Waals surface area contributed by atoms with Crippen LogP contribution >= 0.6 is 11.6 Å². The molecule has 0 radical (unpaired) electrons. The summed E-state index contributed by atoms with van der Waals surface area (Å²) in [6.07, 6.45) is 4.43. The van der Waals surface area contributed by atoms with Gasteiger partial charge < -0.3 is 4.74 Å². The molecular weight excluding hydrogens is 390 g/mol. The first kappa shape index (κ1) is 18.9. The van der Waals surface area contributed by atoms with Crippen molar-refractivity contribution in [3.8, 4) is 0 Å². The summed E-state index contributed by atoms with van der Waals surface area (Å²) in [7, 11) is 0. The number of non-ortho nitro benzene ring substituents is 1. The van der Waals surface area contributed by atoms with Crippen LogP contribution in [0.25, 0.3) is 6.08 Å². The van der Waals surface area contributed by atoms with Crippen molar-refractivity contribution in [3.63, 3.8) is 0 Å². The number of ether oxygens (including phenoxy) is 1. The molecule has 3 rings (SSSR count). The van der Waals surface area contributed by atoms with Gasteiger partial charge in [-0.15, -0.1) is 0 Å². The Hall–Kier alpha value is -3.85. The number of hydrogen-bond donors (Lipinski definition) is 0. The Morgan fingerprint density at radius 2 is 1.86 bits per heavy atom. The van der Waals surface area contributed by atoms with Crippen LogP contribution in [0.15, 0.2) is 65.3 Å². The van der Waals surface area contributed by atoms with Crippen molar-refractivity contribution in [1.29, 1.82) is 0 Å². The number of aliphatic imine (C=N–C) groups is 1. The first-order valence-electron chi connectivity index (χ1n) is 7.73. The highest BCUT2D eigenvalue weighted by Gasteiger charge is 2.25. The third-order valence-corrected chi connectivity index (χ3v) is 3.95. The van der Waals surface area contributed by atoms with E-state index in [0.29, 0.717) is 5.56 Å². The first-order chi connectivity index (χ1) is 13.3. The first-order valence-corrected chi connectivity index (χ1v) is 8.11. The minimum atomic E-state index is -0.726. The molecule has 28 heavy (non-hydrogen) atoms. The summed E-state index contributed by atoms with van der Waals surface area (Å²) in [6, 6.07) is 9.87. The fraction of sp³-hybridized carbons (Fsp3) is 0. The Morgan fingerprint density at radius 3 is 2.57 bits per heavy atom. The van der Waals surface area contributed by atoms with Crippen molar-refractivity contribution in [2.24, 2.45) is 4.99 Å². The van der Waals surface area contributed by atoms with Crippen LogP contribution in [-0.2, 0) is 9.53 Å². The zero-order valence-corrected chi connectivity index (χ0v) is 14.7. The highest BCUT2D eigenvalue weighted by atomic mass is 35.5. The maximum Gasteiger partial charge on any atom is 0.363 e. The summed E-state index contributed by atoms with van der Waals surface area (Å²) >= 11 is 5.76. The Morgan fingerprint density at radius 1 is 1.07 bits per heavy atom. The van der Waals surface area contributed by atoms with Crippen molar-refractivity contribution in [2.75, 3.05) is 0 Å². The summed E-state index contributed by atoms with van der Waals surface area (Å²) in [4.78, 5) is 36.6. The molecule has 0 amide bonds. The van der Waals surface area contributed by atoms with Crippen molar-refractivity contribution < 1.29 is 19.4 Å². The molecule has 0 saturated heterocycles. The van der Waals surface area contributed by atoms with Gasteiger partial charge in [0.15, 0.2) is 5.70 Å². The summed E-state index contributed by atoms with van der Waals surface area (Å²) in [5.74, 6) is -0.809. The van der Waals surface area contributed by atoms with E-state index in [1.165, 1.54) is 36.4 Å². The van der Waals surface area contributed by atoms with Crippen LogP contribution in [0.1, 0.15) is 11.1 Å². The second-order valence-corrected chi connectivity index (χ2v) is 5.90. The van der Waals surface area contributed by atoms with E-state index in [-0.39, 0.29) is 33.6 Å². The number of nitro benzene ring substituents is 2. The smallest absolute Gasteiger partial charge is 0.363 e. The number of benzene rings is 2. The van der Waals surface area contributed by atoms with E-state index in [2.05, 4.69) is 4.99 Å². The van der Waals surface area contributed by atoms with Gasteiger partial charge in [0.25, 0.3) is 11.4 Å². The van der Waals surface area contributed by atoms with Gasteiger partial charge in [0, 0.05) is 23.8 Å². The number of esters is 1. The van der Waals surface area contributed by atoms with Gasteiger partial charge in [-0.05, 0) is 23.8 Å². The van der Waals surface area contributed by atoms with Crippen LogP contribution in [0.4, 0.5) is 11.4 Å². The monoisotopic (exact) mass is 399 g/mol. The predicted molar refractivity (Wildman–Crippen MR) is 101 cm³/mol. The molecule has 0 bridgehead atoms. The quantitative estimate of drug-likeness (QED) is 0.323. The highest BCUT2D eigenvalue weighted by Crippen LogP contribution is 2.27. The number of nitrogens with zero attached hydrogens (tertiary/aromatic N) is 3. The fourth-order valence-corrected chi connectivity index (χ4v) is 2.51. The number of carbonyl (C=O) groups is 1. The second kappa shape index (κ2) is 7.80. The molecule has 2 aromatic rings.